The van der Waals surface area contributed by atoms with Crippen molar-refractivity contribution in [3.05, 3.63) is 29.3 Å². The molecule has 0 aromatic heterocycles. The molecule has 0 saturated carbocycles. The van der Waals surface area contributed by atoms with Gasteiger partial charge < -0.3 is 10.1 Å². The second-order valence-electron chi connectivity index (χ2n) is 4.11. The highest BCUT2D eigenvalue weighted by molar-refractivity contribution is 7.99. The lowest BCUT2D eigenvalue weighted by Gasteiger charge is -2.09. The van der Waals surface area contributed by atoms with E-state index in [0.29, 0.717) is 0 Å². The highest BCUT2D eigenvalue weighted by Gasteiger charge is 2.00. The lowest BCUT2D eigenvalue weighted by Crippen LogP contribution is -2.14. The summed E-state index contributed by atoms with van der Waals surface area (Å²) in [5.74, 6) is 1.02. The number of aryl methyl sites for hydroxylation is 1. The fourth-order valence-corrected chi connectivity index (χ4v) is 2.51. The third kappa shape index (κ3) is 5.57. The maximum absolute atomic E-state index is 5.05. The molecule has 0 aliphatic carbocycles. The van der Waals surface area contributed by atoms with E-state index in [2.05, 4.69) is 37.4 Å². The van der Waals surface area contributed by atoms with E-state index in [9.17, 15) is 0 Å². The third-order valence-electron chi connectivity index (χ3n) is 2.61. The molecule has 0 fully saturated rings. The van der Waals surface area contributed by atoms with Crippen LogP contribution in [0.2, 0.25) is 0 Å². The Morgan fingerprint density at radius 2 is 2.18 bits per heavy atom. The van der Waals surface area contributed by atoms with Crippen LogP contribution in [-0.4, -0.2) is 26.0 Å². The number of methoxy groups -OCH3 is 1. The predicted octanol–water partition coefficient (Wildman–Crippen LogP) is 3.23. The van der Waals surface area contributed by atoms with Crippen molar-refractivity contribution in [3.8, 4) is 0 Å². The maximum atomic E-state index is 5.05. The van der Waals surface area contributed by atoms with Gasteiger partial charge in [0.05, 0.1) is 6.61 Å². The van der Waals surface area contributed by atoms with Crippen molar-refractivity contribution in [1.29, 1.82) is 0 Å². The van der Waals surface area contributed by atoms with Crippen LogP contribution in [0.4, 0.5) is 0 Å². The molecule has 0 atom stereocenters. The topological polar surface area (TPSA) is 21.3 Å². The molecule has 0 saturated heterocycles. The number of thioether (sulfide) groups is 1. The zero-order valence-electron chi connectivity index (χ0n) is 11.1. The fraction of sp³-hybridized carbons (Fsp3) is 0.571. The van der Waals surface area contributed by atoms with Crippen LogP contribution in [0.3, 0.4) is 0 Å². The summed E-state index contributed by atoms with van der Waals surface area (Å²) in [5, 5.41) is 3.44. The Hall–Kier alpha value is -0.510. The lowest BCUT2D eigenvalue weighted by molar-refractivity contribution is 0.218. The van der Waals surface area contributed by atoms with Gasteiger partial charge in [-0.15, -0.1) is 11.8 Å². The van der Waals surface area contributed by atoms with Gasteiger partial charge in [-0.25, -0.2) is 0 Å². The minimum Gasteiger partial charge on any atom is -0.384 e. The molecule has 1 rings (SSSR count). The molecule has 0 radical (unpaired) electrons. The van der Waals surface area contributed by atoms with Gasteiger partial charge in [-0.2, -0.15) is 0 Å². The SMILES string of the molecule is CCCNCc1ccc(SCCOC)cc1C. The average Bonchev–Trinajstić information content (AvgIpc) is 2.32. The summed E-state index contributed by atoms with van der Waals surface area (Å²) in [5.41, 5.74) is 2.77. The molecular formula is C14H23NOS. The Morgan fingerprint density at radius 1 is 1.35 bits per heavy atom. The van der Waals surface area contributed by atoms with E-state index >= 15 is 0 Å². The van der Waals surface area contributed by atoms with E-state index in [1.165, 1.54) is 22.4 Å². The Balaban J connectivity index is 2.47. The van der Waals surface area contributed by atoms with E-state index in [1.807, 2.05) is 11.8 Å². The molecule has 17 heavy (non-hydrogen) atoms. The Labute approximate surface area is 109 Å². The summed E-state index contributed by atoms with van der Waals surface area (Å²) in [6.45, 7) is 7.24. The van der Waals surface area contributed by atoms with Crippen molar-refractivity contribution in [3.63, 3.8) is 0 Å². The van der Waals surface area contributed by atoms with Crippen LogP contribution in [-0.2, 0) is 11.3 Å². The van der Waals surface area contributed by atoms with Gasteiger partial charge in [0.15, 0.2) is 0 Å². The summed E-state index contributed by atoms with van der Waals surface area (Å²) < 4.78 is 5.05. The highest BCUT2D eigenvalue weighted by atomic mass is 32.2. The standard InChI is InChI=1S/C14H23NOS/c1-4-7-15-11-13-5-6-14(10-12(13)2)17-9-8-16-3/h5-6,10,15H,4,7-9,11H2,1-3H3. The van der Waals surface area contributed by atoms with E-state index < -0.39 is 0 Å². The molecule has 1 aromatic rings. The van der Waals surface area contributed by atoms with Gasteiger partial charge in [-0.05, 0) is 43.1 Å². The Bertz CT molecular complexity index is 328. The smallest absolute Gasteiger partial charge is 0.0556 e. The van der Waals surface area contributed by atoms with Crippen molar-refractivity contribution in [2.75, 3.05) is 26.0 Å². The van der Waals surface area contributed by atoms with Gasteiger partial charge in [0, 0.05) is 24.3 Å². The molecule has 1 aromatic carbocycles. The molecule has 0 spiro atoms. The van der Waals surface area contributed by atoms with Crippen LogP contribution < -0.4 is 5.32 Å². The van der Waals surface area contributed by atoms with E-state index in [-0.39, 0.29) is 0 Å². The normalized spacial score (nSPS) is 10.8. The zero-order valence-corrected chi connectivity index (χ0v) is 11.9. The van der Waals surface area contributed by atoms with Crippen molar-refractivity contribution < 1.29 is 4.74 Å². The molecule has 0 aliphatic rings. The minimum absolute atomic E-state index is 0.809. The number of nitrogens with one attached hydrogen (secondary N) is 1. The summed E-state index contributed by atoms with van der Waals surface area (Å²) in [7, 11) is 1.74. The van der Waals surface area contributed by atoms with E-state index in [0.717, 1.165) is 25.4 Å². The molecule has 96 valence electrons. The molecule has 0 bridgehead atoms. The van der Waals surface area contributed by atoms with Crippen molar-refractivity contribution in [1.82, 2.24) is 5.32 Å². The first kappa shape index (κ1) is 14.6. The molecule has 0 amide bonds. The second kappa shape index (κ2) is 8.56. The molecule has 1 N–H and O–H groups in total. The van der Waals surface area contributed by atoms with Crippen LogP contribution in [0.5, 0.6) is 0 Å². The average molecular weight is 253 g/mol. The van der Waals surface area contributed by atoms with Gasteiger partial charge in [0.2, 0.25) is 0 Å². The lowest BCUT2D eigenvalue weighted by atomic mass is 10.1. The number of benzene rings is 1. The predicted molar refractivity (Wildman–Crippen MR) is 75.8 cm³/mol. The van der Waals surface area contributed by atoms with Gasteiger partial charge in [0.25, 0.3) is 0 Å². The largest absolute Gasteiger partial charge is 0.384 e. The number of hydrogen-bond donors (Lipinski definition) is 1. The van der Waals surface area contributed by atoms with Crippen molar-refractivity contribution >= 4 is 11.8 Å². The van der Waals surface area contributed by atoms with Crippen LogP contribution >= 0.6 is 11.8 Å². The van der Waals surface area contributed by atoms with Gasteiger partial charge in [0.1, 0.15) is 0 Å². The quantitative estimate of drug-likeness (QED) is 0.568. The molecule has 3 heteroatoms. The summed E-state index contributed by atoms with van der Waals surface area (Å²) in [4.78, 5) is 1.33. The molecule has 0 heterocycles. The Morgan fingerprint density at radius 3 is 2.82 bits per heavy atom. The summed E-state index contributed by atoms with van der Waals surface area (Å²) in [6.07, 6.45) is 1.18. The Kier molecular flexibility index (Phi) is 7.33. The molecule has 0 unspecified atom stereocenters. The van der Waals surface area contributed by atoms with E-state index in [1.54, 1.807) is 7.11 Å². The highest BCUT2D eigenvalue weighted by Crippen LogP contribution is 2.21. The van der Waals surface area contributed by atoms with Crippen molar-refractivity contribution in [2.24, 2.45) is 0 Å². The van der Waals surface area contributed by atoms with Crippen LogP contribution in [0.1, 0.15) is 24.5 Å². The monoisotopic (exact) mass is 253 g/mol. The number of ether oxygens (including phenoxy) is 1. The van der Waals surface area contributed by atoms with Gasteiger partial charge in [-0.1, -0.05) is 13.0 Å². The third-order valence-corrected chi connectivity index (χ3v) is 3.57. The first-order valence-corrected chi connectivity index (χ1v) is 7.18. The fourth-order valence-electron chi connectivity index (χ4n) is 1.60. The second-order valence-corrected chi connectivity index (χ2v) is 5.27. The molecular weight excluding hydrogens is 230 g/mol. The van der Waals surface area contributed by atoms with Gasteiger partial charge >= 0.3 is 0 Å². The van der Waals surface area contributed by atoms with Crippen LogP contribution in [0.15, 0.2) is 23.1 Å². The molecule has 0 aliphatic heterocycles. The minimum atomic E-state index is 0.809. The molecule has 2 nitrogen and oxygen atoms in total. The summed E-state index contributed by atoms with van der Waals surface area (Å²) >= 11 is 1.85. The first-order chi connectivity index (χ1) is 8.27. The first-order valence-electron chi connectivity index (χ1n) is 6.20. The number of rotatable bonds is 8. The van der Waals surface area contributed by atoms with Crippen LogP contribution in [0.25, 0.3) is 0 Å². The van der Waals surface area contributed by atoms with E-state index in [4.69, 9.17) is 4.74 Å². The zero-order chi connectivity index (χ0) is 12.5. The van der Waals surface area contributed by atoms with Crippen LogP contribution in [0, 0.1) is 6.92 Å². The number of hydrogen-bond acceptors (Lipinski definition) is 3. The van der Waals surface area contributed by atoms with Crippen molar-refractivity contribution in [2.45, 2.75) is 31.7 Å². The summed E-state index contributed by atoms with van der Waals surface area (Å²) in [6, 6.07) is 6.70. The maximum Gasteiger partial charge on any atom is 0.0556 e. The van der Waals surface area contributed by atoms with Gasteiger partial charge in [-0.3, -0.25) is 0 Å².